The summed E-state index contributed by atoms with van der Waals surface area (Å²) < 4.78 is 23.2. The molecule has 0 saturated heterocycles. The molecule has 0 aliphatic heterocycles. The third-order valence-electron chi connectivity index (χ3n) is 2.78. The minimum absolute atomic E-state index is 0.516. The second kappa shape index (κ2) is 5.34. The highest BCUT2D eigenvalue weighted by molar-refractivity contribution is 7.85. The Kier molecular flexibility index (Phi) is 3.96. The van der Waals surface area contributed by atoms with Gasteiger partial charge in [0.1, 0.15) is 24.6 Å². The number of ether oxygens (including phenoxy) is 1. The molecule has 2 aromatic rings. The molecular formula is C14H18O3SSi. The van der Waals surface area contributed by atoms with Gasteiger partial charge >= 0.3 is 0 Å². The van der Waals surface area contributed by atoms with Gasteiger partial charge < -0.3 is 9.15 Å². The van der Waals surface area contributed by atoms with Crippen LogP contribution in [-0.2, 0) is 10.8 Å². The summed E-state index contributed by atoms with van der Waals surface area (Å²) >= 11 is 0. The van der Waals surface area contributed by atoms with Crippen LogP contribution in [0.3, 0.4) is 0 Å². The maximum atomic E-state index is 12.4. The molecule has 102 valence electrons. The van der Waals surface area contributed by atoms with Crippen molar-refractivity contribution in [3.05, 3.63) is 36.4 Å². The van der Waals surface area contributed by atoms with Crippen LogP contribution >= 0.6 is 0 Å². The van der Waals surface area contributed by atoms with Crippen molar-refractivity contribution in [3.8, 4) is 5.75 Å². The van der Waals surface area contributed by atoms with Crippen LogP contribution < -0.4 is 10.1 Å². The Morgan fingerprint density at radius 3 is 2.16 bits per heavy atom. The molecule has 19 heavy (non-hydrogen) atoms. The standard InChI is InChI=1S/C14H18O3SSi/c1-16-11-5-7-12(8-6-11)18(15)13-9-10-14(17-13)19(2,3)4/h5-10H,1-4H3. The third kappa shape index (κ3) is 3.16. The average Bonchev–Trinajstić information content (AvgIpc) is 2.87. The summed E-state index contributed by atoms with van der Waals surface area (Å²) in [6, 6.07) is 11.0. The Labute approximate surface area is 117 Å². The zero-order chi connectivity index (χ0) is 14.0. The van der Waals surface area contributed by atoms with Crippen LogP contribution in [0.1, 0.15) is 0 Å². The van der Waals surface area contributed by atoms with Crippen molar-refractivity contribution in [2.24, 2.45) is 0 Å². The molecule has 1 unspecified atom stereocenters. The lowest BCUT2D eigenvalue weighted by Crippen LogP contribution is -2.36. The van der Waals surface area contributed by atoms with Gasteiger partial charge in [-0.3, -0.25) is 0 Å². The van der Waals surface area contributed by atoms with Crippen molar-refractivity contribution in [1.29, 1.82) is 0 Å². The second-order valence-electron chi connectivity index (χ2n) is 5.31. The molecule has 0 bridgehead atoms. The second-order valence-corrected chi connectivity index (χ2v) is 11.7. The fraction of sp³-hybridized carbons (Fsp3) is 0.286. The van der Waals surface area contributed by atoms with E-state index in [0.29, 0.717) is 5.09 Å². The van der Waals surface area contributed by atoms with E-state index < -0.39 is 18.9 Å². The summed E-state index contributed by atoms with van der Waals surface area (Å²) in [5.74, 6) is 0.753. The molecule has 0 fully saturated rings. The molecule has 1 aromatic heterocycles. The fourth-order valence-corrected chi connectivity index (χ4v) is 3.68. The van der Waals surface area contributed by atoms with Gasteiger partial charge in [0.05, 0.1) is 12.5 Å². The first-order valence-electron chi connectivity index (χ1n) is 6.08. The maximum Gasteiger partial charge on any atom is 0.194 e. The number of furan rings is 1. The number of hydrogen-bond donors (Lipinski definition) is 0. The van der Waals surface area contributed by atoms with Gasteiger partial charge in [-0.1, -0.05) is 19.6 Å². The van der Waals surface area contributed by atoms with Gasteiger partial charge in [-0.2, -0.15) is 0 Å². The number of methoxy groups -OCH3 is 1. The van der Waals surface area contributed by atoms with Crippen molar-refractivity contribution >= 4 is 24.3 Å². The lowest BCUT2D eigenvalue weighted by Gasteiger charge is -2.11. The van der Waals surface area contributed by atoms with Gasteiger partial charge in [0.15, 0.2) is 5.09 Å². The van der Waals surface area contributed by atoms with E-state index in [-0.39, 0.29) is 0 Å². The fourth-order valence-electron chi connectivity index (χ4n) is 1.64. The average molecular weight is 294 g/mol. The molecule has 0 radical (unpaired) electrons. The lowest BCUT2D eigenvalue weighted by atomic mass is 10.3. The number of benzene rings is 1. The Morgan fingerprint density at radius 2 is 1.68 bits per heavy atom. The zero-order valence-corrected chi connectivity index (χ0v) is 13.4. The van der Waals surface area contributed by atoms with E-state index in [4.69, 9.17) is 9.15 Å². The van der Waals surface area contributed by atoms with Crippen LogP contribution in [-0.4, -0.2) is 19.4 Å². The predicted octanol–water partition coefficient (Wildman–Crippen LogP) is 3.00. The lowest BCUT2D eigenvalue weighted by molar-refractivity contribution is 0.414. The van der Waals surface area contributed by atoms with Crippen LogP contribution in [0.2, 0.25) is 19.6 Å². The van der Waals surface area contributed by atoms with Gasteiger partial charge in [-0.05, 0) is 36.4 Å². The van der Waals surface area contributed by atoms with Gasteiger partial charge in [-0.15, -0.1) is 0 Å². The van der Waals surface area contributed by atoms with E-state index in [1.807, 2.05) is 12.1 Å². The zero-order valence-electron chi connectivity index (χ0n) is 11.6. The predicted molar refractivity (Wildman–Crippen MR) is 79.4 cm³/mol. The molecule has 2 rings (SSSR count). The van der Waals surface area contributed by atoms with Crippen LogP contribution in [0, 0.1) is 0 Å². The van der Waals surface area contributed by atoms with Crippen LogP contribution in [0.4, 0.5) is 0 Å². The third-order valence-corrected chi connectivity index (χ3v) is 5.81. The van der Waals surface area contributed by atoms with E-state index in [0.717, 1.165) is 16.0 Å². The monoisotopic (exact) mass is 294 g/mol. The Hall–Kier alpha value is -1.33. The van der Waals surface area contributed by atoms with Gasteiger partial charge in [0.25, 0.3) is 0 Å². The first-order chi connectivity index (χ1) is 8.91. The number of rotatable bonds is 4. The van der Waals surface area contributed by atoms with Crippen molar-refractivity contribution < 1.29 is 13.4 Å². The van der Waals surface area contributed by atoms with Crippen molar-refractivity contribution in [3.63, 3.8) is 0 Å². The highest BCUT2D eigenvalue weighted by Gasteiger charge is 2.22. The topological polar surface area (TPSA) is 39.4 Å². The summed E-state index contributed by atoms with van der Waals surface area (Å²) in [5.41, 5.74) is 0. The summed E-state index contributed by atoms with van der Waals surface area (Å²) in [5, 5.41) is 1.49. The smallest absolute Gasteiger partial charge is 0.194 e. The summed E-state index contributed by atoms with van der Waals surface area (Å²) in [6.45, 7) is 6.60. The van der Waals surface area contributed by atoms with Gasteiger partial charge in [-0.25, -0.2) is 4.21 Å². The molecule has 0 amide bonds. The molecule has 1 heterocycles. The van der Waals surface area contributed by atoms with Crippen LogP contribution in [0.15, 0.2) is 50.8 Å². The molecule has 1 atom stereocenters. The highest BCUT2D eigenvalue weighted by Crippen LogP contribution is 2.20. The Balaban J connectivity index is 2.26. The molecular weight excluding hydrogens is 276 g/mol. The minimum Gasteiger partial charge on any atom is -0.497 e. The van der Waals surface area contributed by atoms with E-state index >= 15 is 0 Å². The normalized spacial score (nSPS) is 13.3. The van der Waals surface area contributed by atoms with Crippen molar-refractivity contribution in [2.75, 3.05) is 7.11 Å². The molecule has 0 aliphatic rings. The minimum atomic E-state index is -1.50. The Morgan fingerprint density at radius 1 is 1.05 bits per heavy atom. The SMILES string of the molecule is COc1ccc(S(=O)c2ccc([Si](C)(C)C)o2)cc1. The Bertz CT molecular complexity index is 581. The van der Waals surface area contributed by atoms with E-state index in [1.54, 1.807) is 31.4 Å². The van der Waals surface area contributed by atoms with E-state index in [2.05, 4.69) is 19.6 Å². The first-order valence-corrected chi connectivity index (χ1v) is 10.7. The highest BCUT2D eigenvalue weighted by atomic mass is 32.2. The summed E-state index contributed by atoms with van der Waals surface area (Å²) in [7, 11) is -1.16. The van der Waals surface area contributed by atoms with Crippen LogP contribution in [0.25, 0.3) is 0 Å². The van der Waals surface area contributed by atoms with E-state index in [9.17, 15) is 4.21 Å². The summed E-state index contributed by atoms with van der Waals surface area (Å²) in [4.78, 5) is 0.720. The molecule has 0 aliphatic carbocycles. The first kappa shape index (κ1) is 14.1. The number of hydrogen-bond acceptors (Lipinski definition) is 3. The van der Waals surface area contributed by atoms with E-state index in [1.165, 1.54) is 0 Å². The quantitative estimate of drug-likeness (QED) is 0.814. The molecule has 0 N–H and O–H groups in total. The summed E-state index contributed by atoms with van der Waals surface area (Å²) in [6.07, 6.45) is 0. The van der Waals surface area contributed by atoms with Crippen molar-refractivity contribution in [1.82, 2.24) is 0 Å². The molecule has 0 spiro atoms. The van der Waals surface area contributed by atoms with Crippen LogP contribution in [0.5, 0.6) is 5.75 Å². The maximum absolute atomic E-state index is 12.4. The van der Waals surface area contributed by atoms with Crippen molar-refractivity contribution in [2.45, 2.75) is 29.6 Å². The molecule has 1 aromatic carbocycles. The van der Waals surface area contributed by atoms with Gasteiger partial charge in [0.2, 0.25) is 0 Å². The molecule has 3 nitrogen and oxygen atoms in total. The van der Waals surface area contributed by atoms with Gasteiger partial charge in [0, 0.05) is 4.90 Å². The largest absolute Gasteiger partial charge is 0.497 e. The molecule has 0 saturated carbocycles. The molecule has 5 heteroatoms.